The number of benzene rings is 1. The van der Waals surface area contributed by atoms with Gasteiger partial charge in [-0.2, -0.15) is 0 Å². The SMILES string of the molecule is Cc1ccccc1NC(=O)CCN1C(=S)NC(c2ccccn2)C1c1cc(C)n(C(C)C)c1C. The second-order valence-electron chi connectivity index (χ2n) is 9.22. The van der Waals surface area contributed by atoms with Crippen molar-refractivity contribution in [3.05, 3.63) is 82.9 Å². The fourth-order valence-electron chi connectivity index (χ4n) is 5.03. The van der Waals surface area contributed by atoms with Crippen molar-refractivity contribution in [2.75, 3.05) is 11.9 Å². The Hall–Kier alpha value is -3.19. The number of nitrogens with one attached hydrogen (secondary N) is 2. The van der Waals surface area contributed by atoms with E-state index in [9.17, 15) is 4.79 Å². The van der Waals surface area contributed by atoms with E-state index in [2.05, 4.69) is 58.8 Å². The quantitative estimate of drug-likeness (QED) is 0.449. The molecule has 3 heterocycles. The van der Waals surface area contributed by atoms with Crippen LogP contribution in [0.4, 0.5) is 5.69 Å². The predicted octanol–water partition coefficient (Wildman–Crippen LogP) is 5.39. The normalized spacial score (nSPS) is 17.8. The first-order chi connectivity index (χ1) is 16.3. The summed E-state index contributed by atoms with van der Waals surface area (Å²) >= 11 is 5.78. The summed E-state index contributed by atoms with van der Waals surface area (Å²) in [6.07, 6.45) is 2.15. The molecule has 4 rings (SSSR count). The minimum Gasteiger partial charge on any atom is -0.352 e. The molecule has 0 aliphatic carbocycles. The molecule has 7 heteroatoms. The second-order valence-corrected chi connectivity index (χ2v) is 9.61. The van der Waals surface area contributed by atoms with E-state index in [1.165, 1.54) is 17.0 Å². The van der Waals surface area contributed by atoms with Crippen molar-refractivity contribution < 1.29 is 4.79 Å². The van der Waals surface area contributed by atoms with Crippen LogP contribution in [0.1, 0.15) is 66.6 Å². The highest BCUT2D eigenvalue weighted by atomic mass is 32.1. The lowest BCUT2D eigenvalue weighted by Gasteiger charge is -2.28. The zero-order valence-electron chi connectivity index (χ0n) is 20.5. The van der Waals surface area contributed by atoms with E-state index in [4.69, 9.17) is 12.2 Å². The van der Waals surface area contributed by atoms with Crippen LogP contribution in [0.15, 0.2) is 54.7 Å². The van der Waals surface area contributed by atoms with Crippen molar-refractivity contribution in [2.24, 2.45) is 0 Å². The van der Waals surface area contributed by atoms with Crippen LogP contribution in [0.3, 0.4) is 0 Å². The van der Waals surface area contributed by atoms with Gasteiger partial charge in [0.15, 0.2) is 5.11 Å². The van der Waals surface area contributed by atoms with Gasteiger partial charge in [0.25, 0.3) is 0 Å². The Kier molecular flexibility index (Phi) is 7.03. The molecule has 1 amide bonds. The predicted molar refractivity (Wildman–Crippen MR) is 141 cm³/mol. The molecule has 0 saturated carbocycles. The minimum atomic E-state index is -0.0887. The Bertz CT molecular complexity index is 1190. The van der Waals surface area contributed by atoms with Gasteiger partial charge in [-0.25, -0.2) is 0 Å². The van der Waals surface area contributed by atoms with Crippen molar-refractivity contribution >= 4 is 28.9 Å². The van der Waals surface area contributed by atoms with Crippen LogP contribution in [-0.4, -0.2) is 32.0 Å². The fourth-order valence-corrected chi connectivity index (χ4v) is 5.36. The first-order valence-corrected chi connectivity index (χ1v) is 12.2. The van der Waals surface area contributed by atoms with E-state index in [-0.39, 0.29) is 18.0 Å². The molecule has 1 saturated heterocycles. The molecule has 0 spiro atoms. The largest absolute Gasteiger partial charge is 0.352 e. The van der Waals surface area contributed by atoms with Crippen molar-refractivity contribution in [2.45, 2.75) is 59.2 Å². The van der Waals surface area contributed by atoms with Crippen LogP contribution in [0.25, 0.3) is 0 Å². The van der Waals surface area contributed by atoms with Gasteiger partial charge >= 0.3 is 0 Å². The number of aryl methyl sites for hydroxylation is 2. The van der Waals surface area contributed by atoms with Gasteiger partial charge in [0.05, 0.1) is 17.8 Å². The smallest absolute Gasteiger partial charge is 0.226 e. The summed E-state index contributed by atoms with van der Waals surface area (Å²) in [5, 5.41) is 7.18. The number of hydrogen-bond donors (Lipinski definition) is 2. The molecular weight excluding hydrogens is 442 g/mol. The van der Waals surface area contributed by atoms with Gasteiger partial charge < -0.3 is 20.1 Å². The van der Waals surface area contributed by atoms with Crippen LogP contribution >= 0.6 is 12.2 Å². The number of amides is 1. The number of aromatic nitrogens is 2. The van der Waals surface area contributed by atoms with E-state index in [1.807, 2.05) is 55.6 Å². The number of thiocarbonyl (C=S) groups is 1. The average molecular weight is 476 g/mol. The molecule has 178 valence electrons. The number of carbonyl (C=O) groups is 1. The summed E-state index contributed by atoms with van der Waals surface area (Å²) in [4.78, 5) is 19.6. The molecule has 1 aromatic carbocycles. The fraction of sp³-hybridized carbons (Fsp3) is 0.370. The zero-order chi connectivity index (χ0) is 24.4. The molecule has 2 aromatic heterocycles. The summed E-state index contributed by atoms with van der Waals surface area (Å²) in [5.41, 5.74) is 6.49. The van der Waals surface area contributed by atoms with E-state index >= 15 is 0 Å². The highest BCUT2D eigenvalue weighted by Gasteiger charge is 2.41. The monoisotopic (exact) mass is 475 g/mol. The van der Waals surface area contributed by atoms with Crippen molar-refractivity contribution in [1.29, 1.82) is 0 Å². The summed E-state index contributed by atoms with van der Waals surface area (Å²) < 4.78 is 2.36. The highest BCUT2D eigenvalue weighted by Crippen LogP contribution is 2.41. The summed E-state index contributed by atoms with van der Waals surface area (Å²) in [6.45, 7) is 11.2. The maximum Gasteiger partial charge on any atom is 0.226 e. The molecule has 1 aliphatic rings. The third-order valence-electron chi connectivity index (χ3n) is 6.56. The Morgan fingerprint density at radius 1 is 1.15 bits per heavy atom. The van der Waals surface area contributed by atoms with Gasteiger partial charge in [-0.05, 0) is 82.2 Å². The second kappa shape index (κ2) is 9.97. The highest BCUT2D eigenvalue weighted by molar-refractivity contribution is 7.80. The number of hydrogen-bond acceptors (Lipinski definition) is 3. The molecule has 6 nitrogen and oxygen atoms in total. The molecule has 2 atom stereocenters. The van der Waals surface area contributed by atoms with Crippen molar-refractivity contribution in [3.63, 3.8) is 0 Å². The Morgan fingerprint density at radius 3 is 2.53 bits per heavy atom. The van der Waals surface area contributed by atoms with Gasteiger partial charge in [0.2, 0.25) is 5.91 Å². The van der Waals surface area contributed by atoms with Crippen LogP contribution in [0, 0.1) is 20.8 Å². The third kappa shape index (κ3) is 4.71. The summed E-state index contributed by atoms with van der Waals surface area (Å²) in [5.74, 6) is -0.0233. The maximum absolute atomic E-state index is 12.8. The number of nitrogens with zero attached hydrogens (tertiary/aromatic N) is 3. The lowest BCUT2D eigenvalue weighted by Crippen LogP contribution is -2.33. The number of para-hydroxylation sites is 1. The number of pyridine rings is 1. The Balaban J connectivity index is 1.62. The van der Waals surface area contributed by atoms with E-state index in [0.29, 0.717) is 24.1 Å². The van der Waals surface area contributed by atoms with Crippen molar-refractivity contribution in [3.8, 4) is 0 Å². The molecule has 1 fully saturated rings. The van der Waals surface area contributed by atoms with Gasteiger partial charge in [0, 0.05) is 42.3 Å². The van der Waals surface area contributed by atoms with E-state index in [1.54, 1.807) is 0 Å². The number of anilines is 1. The molecule has 3 aromatic rings. The maximum atomic E-state index is 12.8. The van der Waals surface area contributed by atoms with Gasteiger partial charge in [-0.3, -0.25) is 9.78 Å². The van der Waals surface area contributed by atoms with E-state index in [0.717, 1.165) is 16.9 Å². The third-order valence-corrected chi connectivity index (χ3v) is 6.91. The van der Waals surface area contributed by atoms with Gasteiger partial charge in [-0.1, -0.05) is 24.3 Å². The molecule has 2 N–H and O–H groups in total. The molecule has 0 bridgehead atoms. The lowest BCUT2D eigenvalue weighted by atomic mass is 9.96. The van der Waals surface area contributed by atoms with Crippen LogP contribution in [0.5, 0.6) is 0 Å². The average Bonchev–Trinajstić information content (AvgIpc) is 3.29. The van der Waals surface area contributed by atoms with E-state index < -0.39 is 0 Å². The van der Waals surface area contributed by atoms with Crippen LogP contribution in [-0.2, 0) is 4.79 Å². The van der Waals surface area contributed by atoms with Gasteiger partial charge in [-0.15, -0.1) is 0 Å². The number of carbonyl (C=O) groups excluding carboxylic acids is 1. The Morgan fingerprint density at radius 2 is 1.88 bits per heavy atom. The Labute approximate surface area is 207 Å². The van der Waals surface area contributed by atoms with Gasteiger partial charge in [0.1, 0.15) is 0 Å². The van der Waals surface area contributed by atoms with Crippen LogP contribution < -0.4 is 10.6 Å². The van der Waals surface area contributed by atoms with Crippen LogP contribution in [0.2, 0.25) is 0 Å². The zero-order valence-corrected chi connectivity index (χ0v) is 21.3. The molecular formula is C27H33N5OS. The lowest BCUT2D eigenvalue weighted by molar-refractivity contribution is -0.116. The van der Waals surface area contributed by atoms with Crippen molar-refractivity contribution in [1.82, 2.24) is 19.8 Å². The summed E-state index contributed by atoms with van der Waals surface area (Å²) in [6, 6.07) is 16.2. The molecule has 34 heavy (non-hydrogen) atoms. The standard InChI is InChI=1S/C27H33N5OS/c1-17(2)32-19(4)16-21(20(32)5)26-25(23-12-8-9-14-28-23)30-27(34)31(26)15-13-24(33)29-22-11-7-6-10-18(22)3/h6-12,14,16-17,25-26H,13,15H2,1-5H3,(H,29,33)(H,30,34). The first kappa shape index (κ1) is 24.0. The number of rotatable bonds is 7. The first-order valence-electron chi connectivity index (χ1n) is 11.8. The topological polar surface area (TPSA) is 62.2 Å². The summed E-state index contributed by atoms with van der Waals surface area (Å²) in [7, 11) is 0. The molecule has 2 unspecified atom stereocenters. The minimum absolute atomic E-state index is 0.0233. The molecule has 0 radical (unpaired) electrons. The molecule has 1 aliphatic heterocycles.